The van der Waals surface area contributed by atoms with E-state index >= 15 is 0 Å². The van der Waals surface area contributed by atoms with Gasteiger partial charge in [-0.05, 0) is 37.4 Å². The van der Waals surface area contributed by atoms with Crippen molar-refractivity contribution in [3.05, 3.63) is 66.9 Å². The van der Waals surface area contributed by atoms with Gasteiger partial charge in [0.05, 0.1) is 23.6 Å². The molecular weight excluding hydrogens is 440 g/mol. The number of hydrogen-bond donors (Lipinski definition) is 1. The Morgan fingerprint density at radius 1 is 0.914 bits per heavy atom. The van der Waals surface area contributed by atoms with Gasteiger partial charge in [0.1, 0.15) is 11.6 Å². The average Bonchev–Trinajstić information content (AvgIpc) is 2.89. The van der Waals surface area contributed by atoms with Gasteiger partial charge in [-0.15, -0.1) is 0 Å². The van der Waals surface area contributed by atoms with E-state index in [1.807, 2.05) is 55.8 Å². The maximum absolute atomic E-state index is 13.0. The van der Waals surface area contributed by atoms with Gasteiger partial charge < -0.3 is 20.0 Å². The van der Waals surface area contributed by atoms with Crippen LogP contribution in [0.2, 0.25) is 0 Å². The van der Waals surface area contributed by atoms with Crippen LogP contribution >= 0.6 is 0 Å². The van der Waals surface area contributed by atoms with Crippen molar-refractivity contribution in [1.82, 2.24) is 24.8 Å². The molecule has 0 aliphatic carbocycles. The van der Waals surface area contributed by atoms with Gasteiger partial charge in [0.2, 0.25) is 0 Å². The quantitative estimate of drug-likeness (QED) is 0.478. The van der Waals surface area contributed by atoms with Crippen molar-refractivity contribution in [3.8, 4) is 11.1 Å². The number of aromatic nitrogens is 4. The first-order valence-corrected chi connectivity index (χ1v) is 11.6. The van der Waals surface area contributed by atoms with Gasteiger partial charge >= 0.3 is 0 Å². The van der Waals surface area contributed by atoms with Crippen LogP contribution in [0.25, 0.3) is 22.0 Å². The second kappa shape index (κ2) is 9.63. The van der Waals surface area contributed by atoms with Crippen LogP contribution in [0.15, 0.2) is 61.3 Å². The standard InChI is InChI=1S/C26H28N8O/c1-32(2)22-11-21(14-27-16-22)20-10-19-12-24(30-17-23(19)29-15-20)31-26(35)18-4-5-28-25(13-18)34-8-6-33(3)7-9-34/h4-5,10-17H,6-9H2,1-3H3,(H,30,31,35). The number of fused-ring (bicyclic) bond motifs is 1. The second-order valence-corrected chi connectivity index (χ2v) is 8.96. The molecule has 178 valence electrons. The fourth-order valence-corrected chi connectivity index (χ4v) is 4.04. The molecule has 0 unspecified atom stereocenters. The number of nitrogens with zero attached hydrogens (tertiary/aromatic N) is 7. The van der Waals surface area contributed by atoms with E-state index in [1.54, 1.807) is 18.5 Å². The third-order valence-electron chi connectivity index (χ3n) is 6.22. The molecule has 9 heteroatoms. The first kappa shape index (κ1) is 22.7. The second-order valence-electron chi connectivity index (χ2n) is 8.96. The van der Waals surface area contributed by atoms with Crippen LogP contribution in [0.5, 0.6) is 0 Å². The number of anilines is 3. The molecule has 1 aliphatic rings. The highest BCUT2D eigenvalue weighted by Gasteiger charge is 2.17. The van der Waals surface area contributed by atoms with Crippen molar-refractivity contribution in [2.24, 2.45) is 0 Å². The molecule has 9 nitrogen and oxygen atoms in total. The first-order chi connectivity index (χ1) is 17.0. The van der Waals surface area contributed by atoms with Crippen molar-refractivity contribution < 1.29 is 4.79 Å². The van der Waals surface area contributed by atoms with Crippen molar-refractivity contribution in [1.29, 1.82) is 0 Å². The largest absolute Gasteiger partial charge is 0.376 e. The lowest BCUT2D eigenvalue weighted by Gasteiger charge is -2.33. The number of likely N-dealkylation sites (N-methyl/N-ethyl adjacent to an activating group) is 1. The molecule has 35 heavy (non-hydrogen) atoms. The number of hydrogen-bond acceptors (Lipinski definition) is 8. The van der Waals surface area contributed by atoms with Gasteiger partial charge in [-0.3, -0.25) is 14.8 Å². The number of carbonyl (C=O) groups excluding carboxylic acids is 1. The van der Waals surface area contributed by atoms with Crippen molar-refractivity contribution in [2.75, 3.05) is 62.4 Å². The van der Waals surface area contributed by atoms with E-state index in [0.29, 0.717) is 11.4 Å². The topological polar surface area (TPSA) is 90.4 Å². The molecule has 0 atom stereocenters. The molecule has 0 saturated carbocycles. The number of piperazine rings is 1. The lowest BCUT2D eigenvalue weighted by atomic mass is 10.1. The summed E-state index contributed by atoms with van der Waals surface area (Å²) in [5.41, 5.74) is 4.24. The van der Waals surface area contributed by atoms with Crippen LogP contribution in [0.4, 0.5) is 17.3 Å². The summed E-state index contributed by atoms with van der Waals surface area (Å²) in [6, 6.07) is 9.51. The number of amides is 1. The van der Waals surface area contributed by atoms with Gasteiger partial charge in [0.25, 0.3) is 5.91 Å². The normalized spacial score (nSPS) is 14.2. The summed E-state index contributed by atoms with van der Waals surface area (Å²) in [5.74, 6) is 1.07. The summed E-state index contributed by atoms with van der Waals surface area (Å²) in [5, 5.41) is 3.80. The Morgan fingerprint density at radius 2 is 1.71 bits per heavy atom. The van der Waals surface area contributed by atoms with Gasteiger partial charge in [0, 0.05) is 80.9 Å². The molecule has 4 aromatic heterocycles. The first-order valence-electron chi connectivity index (χ1n) is 11.6. The zero-order valence-electron chi connectivity index (χ0n) is 20.1. The van der Waals surface area contributed by atoms with Crippen LogP contribution in [0.1, 0.15) is 10.4 Å². The molecule has 0 bridgehead atoms. The lowest BCUT2D eigenvalue weighted by molar-refractivity contribution is 0.102. The van der Waals surface area contributed by atoms with Gasteiger partial charge in [-0.25, -0.2) is 9.97 Å². The predicted molar refractivity (Wildman–Crippen MR) is 139 cm³/mol. The lowest BCUT2D eigenvalue weighted by Crippen LogP contribution is -2.44. The fraction of sp³-hybridized carbons (Fsp3) is 0.269. The monoisotopic (exact) mass is 468 g/mol. The van der Waals surface area contributed by atoms with Gasteiger partial charge in [-0.2, -0.15) is 0 Å². The Kier molecular flexibility index (Phi) is 6.24. The third kappa shape index (κ3) is 5.04. The minimum absolute atomic E-state index is 0.221. The Balaban J connectivity index is 1.36. The van der Waals surface area contributed by atoms with E-state index in [0.717, 1.165) is 59.7 Å². The smallest absolute Gasteiger partial charge is 0.257 e. The summed E-state index contributed by atoms with van der Waals surface area (Å²) in [6.45, 7) is 3.74. The fourth-order valence-electron chi connectivity index (χ4n) is 4.04. The SMILES string of the molecule is CN1CCN(c2cc(C(=O)Nc3cc4cc(-c5cncc(N(C)C)c5)cnc4cn3)ccn2)CC1. The molecule has 5 heterocycles. The van der Waals surface area contributed by atoms with Crippen LogP contribution in [0, 0.1) is 0 Å². The summed E-state index contributed by atoms with van der Waals surface area (Å²) < 4.78 is 0. The number of pyridine rings is 4. The van der Waals surface area contributed by atoms with Gasteiger partial charge in [0.15, 0.2) is 0 Å². The molecule has 0 spiro atoms. The van der Waals surface area contributed by atoms with Crippen LogP contribution in [-0.4, -0.2) is 78.1 Å². The minimum atomic E-state index is -0.221. The number of carbonyl (C=O) groups is 1. The van der Waals surface area contributed by atoms with E-state index in [2.05, 4.69) is 48.2 Å². The predicted octanol–water partition coefficient (Wildman–Crippen LogP) is 3.16. The molecule has 1 saturated heterocycles. The highest BCUT2D eigenvalue weighted by molar-refractivity contribution is 6.04. The van der Waals surface area contributed by atoms with E-state index in [1.165, 1.54) is 0 Å². The molecule has 1 N–H and O–H groups in total. The Hall–Kier alpha value is -4.11. The summed E-state index contributed by atoms with van der Waals surface area (Å²) >= 11 is 0. The van der Waals surface area contributed by atoms with Gasteiger partial charge in [-0.1, -0.05) is 0 Å². The molecule has 1 fully saturated rings. The number of nitrogens with one attached hydrogen (secondary N) is 1. The van der Waals surface area contributed by atoms with E-state index in [4.69, 9.17) is 0 Å². The molecular formula is C26H28N8O. The molecule has 5 rings (SSSR count). The van der Waals surface area contributed by atoms with Crippen LogP contribution < -0.4 is 15.1 Å². The van der Waals surface area contributed by atoms with E-state index < -0.39 is 0 Å². The maximum Gasteiger partial charge on any atom is 0.257 e. The third-order valence-corrected chi connectivity index (χ3v) is 6.22. The Labute approximate surface area is 204 Å². The van der Waals surface area contributed by atoms with E-state index in [9.17, 15) is 4.79 Å². The van der Waals surface area contributed by atoms with Crippen LogP contribution in [-0.2, 0) is 0 Å². The number of rotatable bonds is 5. The molecule has 4 aromatic rings. The Morgan fingerprint density at radius 3 is 2.51 bits per heavy atom. The summed E-state index contributed by atoms with van der Waals surface area (Å²) in [4.78, 5) is 37.2. The molecule has 0 aromatic carbocycles. The highest BCUT2D eigenvalue weighted by Crippen LogP contribution is 2.26. The molecule has 1 aliphatic heterocycles. The summed E-state index contributed by atoms with van der Waals surface area (Å²) in [6.07, 6.45) is 8.81. The van der Waals surface area contributed by atoms with Crippen LogP contribution in [0.3, 0.4) is 0 Å². The Bertz CT molecular complexity index is 1360. The molecule has 1 amide bonds. The average molecular weight is 469 g/mol. The zero-order chi connectivity index (χ0) is 24.4. The van der Waals surface area contributed by atoms with Crippen molar-refractivity contribution in [2.45, 2.75) is 0 Å². The minimum Gasteiger partial charge on any atom is -0.376 e. The summed E-state index contributed by atoms with van der Waals surface area (Å²) in [7, 11) is 6.08. The maximum atomic E-state index is 13.0. The van der Waals surface area contributed by atoms with Crippen molar-refractivity contribution >= 4 is 34.1 Å². The molecule has 0 radical (unpaired) electrons. The zero-order valence-corrected chi connectivity index (χ0v) is 20.1. The van der Waals surface area contributed by atoms with Crippen molar-refractivity contribution in [3.63, 3.8) is 0 Å². The highest BCUT2D eigenvalue weighted by atomic mass is 16.1. The van der Waals surface area contributed by atoms with E-state index in [-0.39, 0.29) is 5.91 Å².